The van der Waals surface area contributed by atoms with Crippen LogP contribution in [0.1, 0.15) is 16.7 Å². The number of nitrogens with zero attached hydrogens (tertiary/aromatic N) is 1. The molecule has 6 heteroatoms. The SMILES string of the molecule is COc1ccc(C2=C(Nc3ccc(C)cc3C)C(=O)N(c3ccc(F)cc3)C2=O)cc1. The van der Waals surface area contributed by atoms with E-state index in [0.29, 0.717) is 17.0 Å². The number of hydrogen-bond acceptors (Lipinski definition) is 4. The molecule has 0 fully saturated rings. The van der Waals surface area contributed by atoms with E-state index in [1.165, 1.54) is 24.3 Å². The van der Waals surface area contributed by atoms with Crippen LogP contribution >= 0.6 is 0 Å². The van der Waals surface area contributed by atoms with Gasteiger partial charge in [0, 0.05) is 5.69 Å². The standard InChI is InChI=1S/C25H21FN2O3/c1-15-4-13-21(16(2)14-15)27-23-22(17-5-11-20(31-3)12-6-17)24(29)28(25(23)30)19-9-7-18(26)8-10-19/h4-14,27H,1-3H3. The molecule has 0 saturated heterocycles. The van der Waals surface area contributed by atoms with Crippen molar-refractivity contribution in [1.29, 1.82) is 0 Å². The molecule has 0 radical (unpaired) electrons. The number of carbonyl (C=O) groups is 2. The molecule has 1 heterocycles. The zero-order chi connectivity index (χ0) is 22.1. The van der Waals surface area contributed by atoms with Crippen molar-refractivity contribution in [2.24, 2.45) is 0 Å². The first-order chi connectivity index (χ1) is 14.9. The quantitative estimate of drug-likeness (QED) is 0.604. The minimum atomic E-state index is -0.498. The molecule has 3 aromatic carbocycles. The van der Waals surface area contributed by atoms with Crippen molar-refractivity contribution in [1.82, 2.24) is 0 Å². The molecule has 156 valence electrons. The Bertz CT molecular complexity index is 1200. The average Bonchev–Trinajstić information content (AvgIpc) is 3.00. The fraction of sp³-hybridized carbons (Fsp3) is 0.120. The zero-order valence-electron chi connectivity index (χ0n) is 17.4. The number of anilines is 2. The highest BCUT2D eigenvalue weighted by Gasteiger charge is 2.40. The van der Waals surface area contributed by atoms with Gasteiger partial charge in [0.15, 0.2) is 0 Å². The smallest absolute Gasteiger partial charge is 0.282 e. The lowest BCUT2D eigenvalue weighted by Crippen LogP contribution is -2.32. The average molecular weight is 416 g/mol. The zero-order valence-corrected chi connectivity index (χ0v) is 17.4. The Morgan fingerprint density at radius 1 is 0.871 bits per heavy atom. The van der Waals surface area contributed by atoms with Gasteiger partial charge in [-0.3, -0.25) is 9.59 Å². The molecule has 3 aromatic rings. The molecule has 1 aliphatic heterocycles. The molecule has 0 saturated carbocycles. The third-order valence-corrected chi connectivity index (χ3v) is 5.19. The van der Waals surface area contributed by atoms with Crippen molar-refractivity contribution < 1.29 is 18.7 Å². The summed E-state index contributed by atoms with van der Waals surface area (Å²) in [6, 6.07) is 18.0. The summed E-state index contributed by atoms with van der Waals surface area (Å²) in [7, 11) is 1.56. The molecule has 0 bridgehead atoms. The first-order valence-corrected chi connectivity index (χ1v) is 9.76. The molecule has 2 amide bonds. The van der Waals surface area contributed by atoms with E-state index in [1.54, 1.807) is 31.4 Å². The molecule has 0 unspecified atom stereocenters. The molecule has 0 aromatic heterocycles. The number of carbonyl (C=O) groups excluding carboxylic acids is 2. The summed E-state index contributed by atoms with van der Waals surface area (Å²) in [5.74, 6) is -0.781. The van der Waals surface area contributed by atoms with E-state index in [9.17, 15) is 14.0 Å². The van der Waals surface area contributed by atoms with Crippen LogP contribution in [-0.4, -0.2) is 18.9 Å². The van der Waals surface area contributed by atoms with Gasteiger partial charge in [-0.2, -0.15) is 0 Å². The Kier molecular flexibility index (Phi) is 5.29. The number of halogens is 1. The van der Waals surface area contributed by atoms with Crippen LogP contribution in [0.3, 0.4) is 0 Å². The maximum atomic E-state index is 13.4. The number of ether oxygens (including phenoxy) is 1. The molecule has 5 nitrogen and oxygen atoms in total. The van der Waals surface area contributed by atoms with Crippen molar-refractivity contribution in [3.05, 3.63) is 94.9 Å². The van der Waals surface area contributed by atoms with Gasteiger partial charge in [0.05, 0.1) is 18.4 Å². The molecule has 1 aliphatic rings. The number of aryl methyl sites for hydroxylation is 2. The molecule has 0 aliphatic carbocycles. The summed E-state index contributed by atoms with van der Waals surface area (Å²) in [5.41, 5.74) is 4.07. The van der Waals surface area contributed by atoms with Crippen LogP contribution in [0.25, 0.3) is 5.57 Å². The van der Waals surface area contributed by atoms with Crippen molar-refractivity contribution in [3.63, 3.8) is 0 Å². The van der Waals surface area contributed by atoms with Crippen molar-refractivity contribution >= 4 is 28.8 Å². The lowest BCUT2D eigenvalue weighted by atomic mass is 10.0. The molecular weight excluding hydrogens is 395 g/mol. The maximum absolute atomic E-state index is 13.4. The molecule has 31 heavy (non-hydrogen) atoms. The normalized spacial score (nSPS) is 13.7. The summed E-state index contributed by atoms with van der Waals surface area (Å²) in [6.07, 6.45) is 0. The minimum absolute atomic E-state index is 0.173. The second kappa shape index (κ2) is 8.07. The van der Waals surface area contributed by atoms with E-state index >= 15 is 0 Å². The van der Waals surface area contributed by atoms with Gasteiger partial charge in [0.25, 0.3) is 11.8 Å². The number of rotatable bonds is 5. The number of hydrogen-bond donors (Lipinski definition) is 1. The second-order valence-corrected chi connectivity index (χ2v) is 7.34. The van der Waals surface area contributed by atoms with Gasteiger partial charge in [0.1, 0.15) is 17.3 Å². The third-order valence-electron chi connectivity index (χ3n) is 5.19. The van der Waals surface area contributed by atoms with Gasteiger partial charge in [-0.05, 0) is 67.4 Å². The third kappa shape index (κ3) is 3.80. The van der Waals surface area contributed by atoms with E-state index in [4.69, 9.17) is 4.74 Å². The number of nitrogens with one attached hydrogen (secondary N) is 1. The molecule has 0 spiro atoms. The summed E-state index contributed by atoms with van der Waals surface area (Å²) in [4.78, 5) is 27.8. The van der Waals surface area contributed by atoms with Crippen LogP contribution in [0.2, 0.25) is 0 Å². The summed E-state index contributed by atoms with van der Waals surface area (Å²) < 4.78 is 18.6. The summed E-state index contributed by atoms with van der Waals surface area (Å²) in [5, 5.41) is 3.17. The van der Waals surface area contributed by atoms with Gasteiger partial charge in [0.2, 0.25) is 0 Å². The topological polar surface area (TPSA) is 58.6 Å². The molecule has 0 atom stereocenters. The van der Waals surface area contributed by atoms with Gasteiger partial charge in [-0.15, -0.1) is 0 Å². The number of imide groups is 1. The Morgan fingerprint density at radius 2 is 1.55 bits per heavy atom. The van der Waals surface area contributed by atoms with E-state index in [0.717, 1.165) is 21.7 Å². The van der Waals surface area contributed by atoms with Gasteiger partial charge >= 0.3 is 0 Å². The Labute approximate surface area is 179 Å². The van der Waals surface area contributed by atoms with Crippen LogP contribution in [0.5, 0.6) is 5.75 Å². The fourth-order valence-corrected chi connectivity index (χ4v) is 3.58. The van der Waals surface area contributed by atoms with Crippen LogP contribution < -0.4 is 15.0 Å². The van der Waals surface area contributed by atoms with Crippen molar-refractivity contribution in [2.75, 3.05) is 17.3 Å². The van der Waals surface area contributed by atoms with E-state index in [2.05, 4.69) is 5.32 Å². The van der Waals surface area contributed by atoms with Gasteiger partial charge in [-0.25, -0.2) is 9.29 Å². The highest BCUT2D eigenvalue weighted by Crippen LogP contribution is 2.35. The summed E-state index contributed by atoms with van der Waals surface area (Å²) in [6.45, 7) is 3.92. The van der Waals surface area contributed by atoms with Crippen molar-refractivity contribution in [3.8, 4) is 5.75 Å². The maximum Gasteiger partial charge on any atom is 0.282 e. The minimum Gasteiger partial charge on any atom is -0.497 e. The van der Waals surface area contributed by atoms with Gasteiger partial charge in [-0.1, -0.05) is 29.8 Å². The van der Waals surface area contributed by atoms with Crippen LogP contribution in [-0.2, 0) is 9.59 Å². The van der Waals surface area contributed by atoms with Crippen molar-refractivity contribution in [2.45, 2.75) is 13.8 Å². The van der Waals surface area contributed by atoms with Gasteiger partial charge < -0.3 is 10.1 Å². The monoisotopic (exact) mass is 416 g/mol. The van der Waals surface area contributed by atoms with Crippen LogP contribution in [0.4, 0.5) is 15.8 Å². The summed E-state index contributed by atoms with van der Waals surface area (Å²) >= 11 is 0. The second-order valence-electron chi connectivity index (χ2n) is 7.34. The van der Waals surface area contributed by atoms with E-state index < -0.39 is 17.6 Å². The highest BCUT2D eigenvalue weighted by atomic mass is 19.1. The fourth-order valence-electron chi connectivity index (χ4n) is 3.58. The predicted molar refractivity (Wildman–Crippen MR) is 118 cm³/mol. The number of benzene rings is 3. The Balaban J connectivity index is 1.82. The predicted octanol–water partition coefficient (Wildman–Crippen LogP) is 4.85. The molecule has 1 N–H and O–H groups in total. The van der Waals surface area contributed by atoms with Crippen LogP contribution in [0.15, 0.2) is 72.4 Å². The lowest BCUT2D eigenvalue weighted by molar-refractivity contribution is -0.120. The lowest BCUT2D eigenvalue weighted by Gasteiger charge is -2.16. The molecular formula is C25H21FN2O3. The first kappa shape index (κ1) is 20.3. The van der Waals surface area contributed by atoms with Crippen LogP contribution in [0, 0.1) is 19.7 Å². The highest BCUT2D eigenvalue weighted by molar-refractivity contribution is 6.46. The Hall–Kier alpha value is -3.93. The van der Waals surface area contributed by atoms with E-state index in [1.807, 2.05) is 32.0 Å². The number of methoxy groups -OCH3 is 1. The van der Waals surface area contributed by atoms with E-state index in [-0.39, 0.29) is 11.3 Å². The Morgan fingerprint density at radius 3 is 2.16 bits per heavy atom. The largest absolute Gasteiger partial charge is 0.497 e. The first-order valence-electron chi connectivity index (χ1n) is 9.76. The molecule has 4 rings (SSSR count). The number of amides is 2.